The number of carbonyl (C=O) groups excluding carboxylic acids is 2. The van der Waals surface area contributed by atoms with E-state index in [-0.39, 0.29) is 17.3 Å². The Morgan fingerprint density at radius 3 is 2.22 bits per heavy atom. The van der Waals surface area contributed by atoms with Crippen LogP contribution in [-0.4, -0.2) is 11.9 Å². The van der Waals surface area contributed by atoms with Crippen LogP contribution in [0.5, 0.6) is 0 Å². The molecule has 4 nitrogen and oxygen atoms in total. The second kappa shape index (κ2) is 8.70. The van der Waals surface area contributed by atoms with Gasteiger partial charge < -0.3 is 10.1 Å². The van der Waals surface area contributed by atoms with E-state index in [9.17, 15) is 9.59 Å². The molecule has 0 heterocycles. The standard InChI is InChI=1S/C19H29NO3/c1-6-17(21)23-13-16-9-7-15(8-10-16)12-20-18(22)19(4,5)11-14(2)3/h7-10,14H,6,11-13H2,1-5H3,(H,20,22). The maximum atomic E-state index is 12.3. The molecule has 0 radical (unpaired) electrons. The molecular formula is C19H29NO3. The lowest BCUT2D eigenvalue weighted by Crippen LogP contribution is -2.37. The van der Waals surface area contributed by atoms with Crippen molar-refractivity contribution in [1.82, 2.24) is 5.32 Å². The summed E-state index contributed by atoms with van der Waals surface area (Å²) >= 11 is 0. The summed E-state index contributed by atoms with van der Waals surface area (Å²) in [6.45, 7) is 10.8. The number of hydrogen-bond acceptors (Lipinski definition) is 3. The predicted molar refractivity (Wildman–Crippen MR) is 91.6 cm³/mol. The van der Waals surface area contributed by atoms with Gasteiger partial charge in [0, 0.05) is 18.4 Å². The van der Waals surface area contributed by atoms with Gasteiger partial charge in [0.05, 0.1) is 0 Å². The zero-order valence-corrected chi connectivity index (χ0v) is 14.9. The normalized spacial score (nSPS) is 11.4. The number of esters is 1. The summed E-state index contributed by atoms with van der Waals surface area (Å²) in [5.41, 5.74) is 1.62. The van der Waals surface area contributed by atoms with Crippen molar-refractivity contribution < 1.29 is 14.3 Å². The molecule has 1 rings (SSSR count). The molecule has 0 aliphatic carbocycles. The van der Waals surface area contributed by atoms with Gasteiger partial charge in [0.1, 0.15) is 6.61 Å². The summed E-state index contributed by atoms with van der Waals surface area (Å²) in [5, 5.41) is 3.00. The maximum Gasteiger partial charge on any atom is 0.305 e. The molecule has 0 saturated heterocycles. The highest BCUT2D eigenvalue weighted by Crippen LogP contribution is 2.25. The Morgan fingerprint density at radius 1 is 1.13 bits per heavy atom. The lowest BCUT2D eigenvalue weighted by atomic mass is 9.83. The van der Waals surface area contributed by atoms with E-state index in [0.717, 1.165) is 17.5 Å². The number of benzene rings is 1. The molecule has 1 aromatic rings. The van der Waals surface area contributed by atoms with Crippen LogP contribution < -0.4 is 5.32 Å². The Bertz CT molecular complexity index is 518. The minimum atomic E-state index is -0.359. The summed E-state index contributed by atoms with van der Waals surface area (Å²) in [4.78, 5) is 23.4. The molecule has 128 valence electrons. The molecule has 0 unspecified atom stereocenters. The number of ether oxygens (including phenoxy) is 1. The van der Waals surface area contributed by atoms with Crippen LogP contribution in [0.2, 0.25) is 0 Å². The molecule has 0 aliphatic rings. The van der Waals surface area contributed by atoms with Crippen LogP contribution in [0.1, 0.15) is 58.6 Å². The molecule has 0 atom stereocenters. The number of nitrogens with one attached hydrogen (secondary N) is 1. The summed E-state index contributed by atoms with van der Waals surface area (Å²) in [7, 11) is 0. The van der Waals surface area contributed by atoms with Gasteiger partial charge in [-0.3, -0.25) is 9.59 Å². The Balaban J connectivity index is 2.49. The van der Waals surface area contributed by atoms with Crippen molar-refractivity contribution in [3.05, 3.63) is 35.4 Å². The highest BCUT2D eigenvalue weighted by atomic mass is 16.5. The first-order valence-corrected chi connectivity index (χ1v) is 8.26. The first-order valence-electron chi connectivity index (χ1n) is 8.26. The smallest absolute Gasteiger partial charge is 0.305 e. The van der Waals surface area contributed by atoms with Gasteiger partial charge in [-0.15, -0.1) is 0 Å². The van der Waals surface area contributed by atoms with Crippen molar-refractivity contribution in [3.8, 4) is 0 Å². The first-order chi connectivity index (χ1) is 10.7. The minimum Gasteiger partial charge on any atom is -0.461 e. The van der Waals surface area contributed by atoms with E-state index in [4.69, 9.17) is 4.74 Å². The summed E-state index contributed by atoms with van der Waals surface area (Å²) < 4.78 is 5.09. The Labute approximate surface area is 139 Å². The van der Waals surface area contributed by atoms with Crippen LogP contribution in [-0.2, 0) is 27.5 Å². The predicted octanol–water partition coefficient (Wildman–Crippen LogP) is 3.83. The van der Waals surface area contributed by atoms with Gasteiger partial charge in [-0.25, -0.2) is 0 Å². The number of amides is 1. The highest BCUT2D eigenvalue weighted by Gasteiger charge is 2.27. The molecule has 0 bridgehead atoms. The van der Waals surface area contributed by atoms with E-state index in [2.05, 4.69) is 19.2 Å². The van der Waals surface area contributed by atoms with Crippen LogP contribution in [0.3, 0.4) is 0 Å². The third-order valence-electron chi connectivity index (χ3n) is 3.70. The van der Waals surface area contributed by atoms with Crippen LogP contribution in [0.25, 0.3) is 0 Å². The molecule has 23 heavy (non-hydrogen) atoms. The molecule has 0 saturated carbocycles. The van der Waals surface area contributed by atoms with Crippen molar-refractivity contribution >= 4 is 11.9 Å². The number of hydrogen-bond donors (Lipinski definition) is 1. The number of rotatable bonds is 8. The monoisotopic (exact) mass is 319 g/mol. The molecule has 1 aromatic carbocycles. The lowest BCUT2D eigenvalue weighted by Gasteiger charge is -2.25. The first kappa shape index (κ1) is 19.2. The van der Waals surface area contributed by atoms with E-state index in [1.165, 1.54) is 0 Å². The van der Waals surface area contributed by atoms with Crippen molar-refractivity contribution in [3.63, 3.8) is 0 Å². The second-order valence-electron chi connectivity index (χ2n) is 7.00. The molecule has 4 heteroatoms. The zero-order chi connectivity index (χ0) is 17.5. The zero-order valence-electron chi connectivity index (χ0n) is 14.9. The average molecular weight is 319 g/mol. The van der Waals surface area contributed by atoms with E-state index in [0.29, 0.717) is 25.5 Å². The van der Waals surface area contributed by atoms with E-state index < -0.39 is 0 Å². The van der Waals surface area contributed by atoms with Crippen LogP contribution in [0, 0.1) is 11.3 Å². The van der Waals surface area contributed by atoms with Crippen molar-refractivity contribution in [2.75, 3.05) is 0 Å². The van der Waals surface area contributed by atoms with Gasteiger partial charge in [0.15, 0.2) is 0 Å². The van der Waals surface area contributed by atoms with Crippen molar-refractivity contribution in [2.24, 2.45) is 11.3 Å². The molecule has 1 N–H and O–H groups in total. The fourth-order valence-electron chi connectivity index (χ4n) is 2.55. The summed E-state index contributed by atoms with van der Waals surface area (Å²) in [6, 6.07) is 7.74. The topological polar surface area (TPSA) is 55.4 Å². The molecule has 0 aromatic heterocycles. The fourth-order valence-corrected chi connectivity index (χ4v) is 2.55. The van der Waals surface area contributed by atoms with Gasteiger partial charge in [-0.05, 0) is 23.5 Å². The average Bonchev–Trinajstić information content (AvgIpc) is 2.49. The van der Waals surface area contributed by atoms with Gasteiger partial charge in [0.25, 0.3) is 0 Å². The van der Waals surface area contributed by atoms with Gasteiger partial charge >= 0.3 is 5.97 Å². The number of carbonyl (C=O) groups is 2. The van der Waals surface area contributed by atoms with Crippen LogP contribution >= 0.6 is 0 Å². The fraction of sp³-hybridized carbons (Fsp3) is 0.579. The Hall–Kier alpha value is -1.84. The van der Waals surface area contributed by atoms with Crippen molar-refractivity contribution in [1.29, 1.82) is 0 Å². The van der Waals surface area contributed by atoms with E-state index >= 15 is 0 Å². The van der Waals surface area contributed by atoms with Crippen LogP contribution in [0.15, 0.2) is 24.3 Å². The third-order valence-corrected chi connectivity index (χ3v) is 3.70. The Morgan fingerprint density at radius 2 is 1.70 bits per heavy atom. The summed E-state index contributed by atoms with van der Waals surface area (Å²) in [6.07, 6.45) is 1.25. The molecule has 0 aliphatic heterocycles. The summed E-state index contributed by atoms with van der Waals surface area (Å²) in [5.74, 6) is 0.363. The minimum absolute atomic E-state index is 0.0761. The second-order valence-corrected chi connectivity index (χ2v) is 7.00. The lowest BCUT2D eigenvalue weighted by molar-refractivity contribution is -0.144. The molecule has 0 spiro atoms. The van der Waals surface area contributed by atoms with Gasteiger partial charge in [-0.2, -0.15) is 0 Å². The van der Waals surface area contributed by atoms with Crippen molar-refractivity contribution in [2.45, 2.75) is 60.6 Å². The van der Waals surface area contributed by atoms with Gasteiger partial charge in [-0.1, -0.05) is 58.9 Å². The largest absolute Gasteiger partial charge is 0.461 e. The van der Waals surface area contributed by atoms with E-state index in [1.807, 2.05) is 38.1 Å². The quantitative estimate of drug-likeness (QED) is 0.741. The third kappa shape index (κ3) is 6.85. The van der Waals surface area contributed by atoms with Gasteiger partial charge in [0.2, 0.25) is 5.91 Å². The Kier molecular flexibility index (Phi) is 7.27. The molecule has 1 amide bonds. The van der Waals surface area contributed by atoms with E-state index in [1.54, 1.807) is 6.92 Å². The molecule has 0 fully saturated rings. The maximum absolute atomic E-state index is 12.3. The van der Waals surface area contributed by atoms with Crippen LogP contribution in [0.4, 0.5) is 0 Å². The highest BCUT2D eigenvalue weighted by molar-refractivity contribution is 5.81. The molecular weight excluding hydrogens is 290 g/mol. The SMILES string of the molecule is CCC(=O)OCc1ccc(CNC(=O)C(C)(C)CC(C)C)cc1.